The minimum atomic E-state index is -4.08. The Hall–Kier alpha value is 0.518. The van der Waals surface area contributed by atoms with Crippen molar-refractivity contribution in [3.8, 4) is 0 Å². The maximum atomic E-state index is 10.8. The van der Waals surface area contributed by atoms with Crippen molar-refractivity contribution >= 4 is 10.1 Å². The second-order valence-corrected chi connectivity index (χ2v) is 4.96. The summed E-state index contributed by atoms with van der Waals surface area (Å²) in [5.41, 5.74) is 9.84. The fourth-order valence-corrected chi connectivity index (χ4v) is 2.75. The summed E-state index contributed by atoms with van der Waals surface area (Å²) in [5, 5.41) is -1.00. The Morgan fingerprint density at radius 1 is 1.31 bits per heavy atom. The molecule has 0 aliphatic heterocycles. The maximum absolute atomic E-state index is 10.8. The zero-order valence-corrected chi connectivity index (χ0v) is 10.1. The fraction of sp³-hybridized carbons (Fsp3) is 1.00. The van der Waals surface area contributed by atoms with Crippen molar-refractivity contribution in [3.63, 3.8) is 0 Å². The summed E-state index contributed by atoms with van der Waals surface area (Å²) < 4.78 is 30.4. The van der Waals surface area contributed by atoms with Crippen LogP contribution in [0.2, 0.25) is 0 Å². The van der Waals surface area contributed by atoms with Gasteiger partial charge in [-0.3, -0.25) is 4.55 Å². The monoisotopic (exact) mass is 389 g/mol. The second kappa shape index (κ2) is 4.36. The molecule has 0 aromatic carbocycles. The molecular weight excluding hydrogens is 375 g/mol. The first-order valence-corrected chi connectivity index (χ1v) is 5.38. The van der Waals surface area contributed by atoms with E-state index < -0.39 is 21.0 Å². The molecular formula is C6H14N2O3PtS. The fourth-order valence-electron chi connectivity index (χ4n) is 1.62. The summed E-state index contributed by atoms with van der Waals surface area (Å²) in [5.74, 6) is 0. The number of hydrogen-bond acceptors (Lipinski definition) is 4. The Kier molecular flexibility index (Phi) is 4.53. The molecule has 5 nitrogen and oxygen atoms in total. The Morgan fingerprint density at radius 3 is 2.15 bits per heavy atom. The van der Waals surface area contributed by atoms with E-state index in [1.807, 2.05) is 0 Å². The average Bonchev–Trinajstić information content (AvgIpc) is 1.83. The van der Waals surface area contributed by atoms with E-state index in [-0.39, 0.29) is 21.1 Å². The van der Waals surface area contributed by atoms with Gasteiger partial charge in [0.1, 0.15) is 5.25 Å². The van der Waals surface area contributed by atoms with E-state index in [0.717, 1.165) is 12.8 Å². The molecule has 1 aliphatic carbocycles. The van der Waals surface area contributed by atoms with Gasteiger partial charge in [-0.25, -0.2) is 0 Å². The first-order valence-electron chi connectivity index (χ1n) is 3.88. The predicted molar refractivity (Wildman–Crippen MR) is 44.9 cm³/mol. The van der Waals surface area contributed by atoms with E-state index in [2.05, 4.69) is 0 Å². The van der Waals surface area contributed by atoms with Crippen LogP contribution in [-0.2, 0) is 31.2 Å². The van der Waals surface area contributed by atoms with Crippen molar-refractivity contribution in [1.29, 1.82) is 0 Å². The number of nitrogens with two attached hydrogens (primary N) is 2. The van der Waals surface area contributed by atoms with Crippen molar-refractivity contribution < 1.29 is 34.0 Å². The van der Waals surface area contributed by atoms with Crippen molar-refractivity contribution in [2.24, 2.45) is 11.5 Å². The summed E-state index contributed by atoms with van der Waals surface area (Å²) in [6, 6.07) is 0. The molecule has 1 fully saturated rings. The minimum Gasteiger partial charge on any atom is -0.312 e. The molecule has 0 amide bonds. The van der Waals surface area contributed by atoms with Gasteiger partial charge in [0, 0.05) is 21.1 Å². The van der Waals surface area contributed by atoms with E-state index in [0.29, 0.717) is 12.8 Å². The molecule has 0 radical (unpaired) electrons. The van der Waals surface area contributed by atoms with Crippen LogP contribution in [0.15, 0.2) is 0 Å². The third kappa shape index (κ3) is 3.29. The molecule has 1 rings (SSSR count). The van der Waals surface area contributed by atoms with E-state index >= 15 is 0 Å². The van der Waals surface area contributed by atoms with Gasteiger partial charge >= 0.3 is 0 Å². The zero-order chi connectivity index (χ0) is 9.41. The van der Waals surface area contributed by atoms with Gasteiger partial charge in [0.2, 0.25) is 0 Å². The van der Waals surface area contributed by atoms with Gasteiger partial charge in [-0.1, -0.05) is 12.8 Å². The second-order valence-electron chi connectivity index (χ2n) is 3.36. The summed E-state index contributed by atoms with van der Waals surface area (Å²) in [4.78, 5) is 0. The third-order valence-electron chi connectivity index (χ3n) is 2.29. The van der Waals surface area contributed by atoms with Gasteiger partial charge in [-0.15, -0.1) is 0 Å². The van der Waals surface area contributed by atoms with Crippen molar-refractivity contribution in [1.82, 2.24) is 0 Å². The average molecular weight is 389 g/mol. The molecule has 1 atom stereocenters. The molecule has 0 spiro atoms. The molecule has 82 valence electrons. The quantitative estimate of drug-likeness (QED) is 0.411. The van der Waals surface area contributed by atoms with Gasteiger partial charge < -0.3 is 11.5 Å². The first kappa shape index (κ1) is 13.5. The Morgan fingerprint density at radius 2 is 1.85 bits per heavy atom. The molecule has 13 heavy (non-hydrogen) atoms. The third-order valence-corrected chi connectivity index (χ3v) is 3.68. The first-order chi connectivity index (χ1) is 5.34. The van der Waals surface area contributed by atoms with Crippen LogP contribution in [0.4, 0.5) is 0 Å². The zero-order valence-electron chi connectivity index (χ0n) is 7.05. The van der Waals surface area contributed by atoms with E-state index in [4.69, 9.17) is 16.0 Å². The SMILES string of the molecule is NC1(N)CCCCC1S(=O)(=O)O.[Pt]. The molecule has 1 unspecified atom stereocenters. The number of hydrogen-bond donors (Lipinski definition) is 3. The van der Waals surface area contributed by atoms with Crippen LogP contribution in [0, 0.1) is 0 Å². The molecule has 0 bridgehead atoms. The predicted octanol–water partition coefficient (Wildman–Crippen LogP) is -0.572. The van der Waals surface area contributed by atoms with E-state index in [9.17, 15) is 8.42 Å². The van der Waals surface area contributed by atoms with Gasteiger partial charge in [-0.2, -0.15) is 8.42 Å². The summed E-state index contributed by atoms with van der Waals surface area (Å²) >= 11 is 0. The molecule has 5 N–H and O–H groups in total. The van der Waals surface area contributed by atoms with Crippen molar-refractivity contribution in [3.05, 3.63) is 0 Å². The van der Waals surface area contributed by atoms with Crippen molar-refractivity contribution in [2.45, 2.75) is 36.6 Å². The number of rotatable bonds is 1. The minimum absolute atomic E-state index is 0. The molecule has 0 aromatic heterocycles. The van der Waals surface area contributed by atoms with Crippen LogP contribution in [-0.4, -0.2) is 23.9 Å². The van der Waals surface area contributed by atoms with Gasteiger partial charge in [0.15, 0.2) is 0 Å². The van der Waals surface area contributed by atoms with Gasteiger partial charge in [0.05, 0.1) is 5.66 Å². The van der Waals surface area contributed by atoms with Crippen LogP contribution in [0.25, 0.3) is 0 Å². The molecule has 1 aliphatic rings. The van der Waals surface area contributed by atoms with Crippen LogP contribution in [0.1, 0.15) is 25.7 Å². The Bertz CT molecular complexity index is 265. The van der Waals surface area contributed by atoms with Gasteiger partial charge in [0.25, 0.3) is 10.1 Å². The summed E-state index contributed by atoms with van der Waals surface area (Å²) in [6.45, 7) is 0. The van der Waals surface area contributed by atoms with Crippen LogP contribution in [0.5, 0.6) is 0 Å². The smallest absolute Gasteiger partial charge is 0.270 e. The molecule has 0 heterocycles. The Labute approximate surface area is 92.3 Å². The normalized spacial score (nSPS) is 27.8. The van der Waals surface area contributed by atoms with Crippen LogP contribution < -0.4 is 11.5 Å². The van der Waals surface area contributed by atoms with Crippen LogP contribution in [0.3, 0.4) is 0 Å². The Balaban J connectivity index is 0.00000144. The van der Waals surface area contributed by atoms with E-state index in [1.54, 1.807) is 0 Å². The maximum Gasteiger partial charge on any atom is 0.270 e. The topological polar surface area (TPSA) is 106 Å². The molecule has 0 aromatic rings. The molecule has 7 heteroatoms. The van der Waals surface area contributed by atoms with Crippen LogP contribution >= 0.6 is 0 Å². The van der Waals surface area contributed by atoms with Gasteiger partial charge in [-0.05, 0) is 12.8 Å². The standard InChI is InChI=1S/C6H14N2O3S.Pt/c7-6(8)4-2-1-3-5(6)12(9,10)11;/h5H,1-4,7-8H2,(H,9,10,11);. The van der Waals surface area contributed by atoms with E-state index in [1.165, 1.54) is 0 Å². The summed E-state index contributed by atoms with van der Waals surface area (Å²) in [6.07, 6.45) is 2.36. The molecule has 0 saturated heterocycles. The largest absolute Gasteiger partial charge is 0.312 e. The molecule has 1 saturated carbocycles. The summed E-state index contributed by atoms with van der Waals surface area (Å²) in [7, 11) is -4.08. The van der Waals surface area contributed by atoms with Crippen molar-refractivity contribution in [2.75, 3.05) is 0 Å².